The molecular formula is C15H23FO3Si. The molecule has 0 saturated carbocycles. The minimum atomic E-state index is -2.06. The van der Waals surface area contributed by atoms with E-state index in [9.17, 15) is 9.18 Å². The van der Waals surface area contributed by atoms with E-state index in [1.54, 1.807) is 12.1 Å². The van der Waals surface area contributed by atoms with E-state index >= 15 is 0 Å². The molecular weight excluding hydrogens is 275 g/mol. The van der Waals surface area contributed by atoms with Gasteiger partial charge < -0.3 is 9.53 Å². The molecule has 0 aliphatic heterocycles. The third kappa shape index (κ3) is 4.33. The number of aryl methyl sites for hydroxylation is 1. The molecule has 1 rings (SSSR count). The Kier molecular flexibility index (Phi) is 4.97. The Balaban J connectivity index is 2.86. The molecule has 0 radical (unpaired) electrons. The van der Waals surface area contributed by atoms with Gasteiger partial charge in [-0.3, -0.25) is 4.79 Å². The number of hydrogen-bond donors (Lipinski definition) is 1. The number of carbonyl (C=O) groups is 1. The van der Waals surface area contributed by atoms with Crippen LogP contribution >= 0.6 is 0 Å². The first-order valence-corrected chi connectivity index (χ1v) is 9.63. The fourth-order valence-corrected chi connectivity index (χ4v) is 2.48. The summed E-state index contributed by atoms with van der Waals surface area (Å²) in [6.45, 7) is 10.4. The van der Waals surface area contributed by atoms with Gasteiger partial charge >= 0.3 is 5.97 Å². The van der Waals surface area contributed by atoms with E-state index in [0.717, 1.165) is 0 Å². The SMILES string of the molecule is CC(C)(C)[Si](C)(C)Oc1ccc(CCC(=O)O)cc1F. The molecule has 0 aromatic heterocycles. The molecule has 0 fully saturated rings. The van der Waals surface area contributed by atoms with Crippen molar-refractivity contribution in [3.05, 3.63) is 29.6 Å². The van der Waals surface area contributed by atoms with Gasteiger partial charge in [-0.1, -0.05) is 26.8 Å². The quantitative estimate of drug-likeness (QED) is 0.828. The highest BCUT2D eigenvalue weighted by molar-refractivity contribution is 6.74. The van der Waals surface area contributed by atoms with Crippen molar-refractivity contribution in [2.75, 3.05) is 0 Å². The molecule has 1 aromatic carbocycles. The number of rotatable bonds is 5. The topological polar surface area (TPSA) is 46.5 Å². The van der Waals surface area contributed by atoms with Crippen molar-refractivity contribution >= 4 is 14.3 Å². The standard InChI is InChI=1S/C15H23FO3Si/c1-15(2,3)20(4,5)19-13-8-6-11(10-12(13)16)7-9-14(17)18/h6,8,10H,7,9H2,1-5H3,(H,17,18). The fraction of sp³-hybridized carbons (Fsp3) is 0.533. The van der Waals surface area contributed by atoms with Crippen LogP contribution in [0.25, 0.3) is 0 Å². The van der Waals surface area contributed by atoms with E-state index in [4.69, 9.17) is 9.53 Å². The molecule has 0 atom stereocenters. The van der Waals surface area contributed by atoms with Crippen molar-refractivity contribution in [1.29, 1.82) is 0 Å². The smallest absolute Gasteiger partial charge is 0.303 e. The minimum Gasteiger partial charge on any atom is -0.542 e. The van der Waals surface area contributed by atoms with Gasteiger partial charge in [-0.25, -0.2) is 4.39 Å². The lowest BCUT2D eigenvalue weighted by molar-refractivity contribution is -0.136. The van der Waals surface area contributed by atoms with Crippen LogP contribution in [0.15, 0.2) is 18.2 Å². The summed E-state index contributed by atoms with van der Waals surface area (Å²) in [5.41, 5.74) is 0.674. The summed E-state index contributed by atoms with van der Waals surface area (Å²) in [5.74, 6) is -1.04. The largest absolute Gasteiger partial charge is 0.542 e. The molecule has 5 heteroatoms. The van der Waals surface area contributed by atoms with Crippen LogP contribution < -0.4 is 4.43 Å². The van der Waals surface area contributed by atoms with Gasteiger partial charge in [0.05, 0.1) is 0 Å². The zero-order chi connectivity index (χ0) is 15.6. The van der Waals surface area contributed by atoms with E-state index in [1.807, 2.05) is 0 Å². The maximum absolute atomic E-state index is 14.0. The van der Waals surface area contributed by atoms with E-state index in [0.29, 0.717) is 12.0 Å². The molecule has 0 heterocycles. The minimum absolute atomic E-state index is 0.00141. The lowest BCUT2D eigenvalue weighted by atomic mass is 10.1. The van der Waals surface area contributed by atoms with E-state index in [-0.39, 0.29) is 17.2 Å². The summed E-state index contributed by atoms with van der Waals surface area (Å²) in [6, 6.07) is 4.70. The lowest BCUT2D eigenvalue weighted by Gasteiger charge is -2.36. The molecule has 0 saturated heterocycles. The Morgan fingerprint density at radius 2 is 1.95 bits per heavy atom. The van der Waals surface area contributed by atoms with Crippen molar-refractivity contribution in [1.82, 2.24) is 0 Å². The van der Waals surface area contributed by atoms with Crippen molar-refractivity contribution < 1.29 is 18.7 Å². The third-order valence-electron chi connectivity index (χ3n) is 3.80. The molecule has 20 heavy (non-hydrogen) atoms. The molecule has 0 aliphatic carbocycles. The summed E-state index contributed by atoms with van der Waals surface area (Å²) in [7, 11) is -2.06. The second-order valence-electron chi connectivity index (χ2n) is 6.52. The fourth-order valence-electron chi connectivity index (χ4n) is 1.46. The first-order chi connectivity index (χ1) is 9.03. The Labute approximate surface area is 120 Å². The Morgan fingerprint density at radius 1 is 1.35 bits per heavy atom. The highest BCUT2D eigenvalue weighted by Crippen LogP contribution is 2.38. The first kappa shape index (κ1) is 16.7. The number of halogens is 1. The maximum Gasteiger partial charge on any atom is 0.303 e. The van der Waals surface area contributed by atoms with E-state index in [2.05, 4.69) is 33.9 Å². The van der Waals surface area contributed by atoms with Gasteiger partial charge in [0.1, 0.15) is 5.75 Å². The summed E-state index contributed by atoms with van der Waals surface area (Å²) >= 11 is 0. The molecule has 112 valence electrons. The second-order valence-corrected chi connectivity index (χ2v) is 11.2. The Morgan fingerprint density at radius 3 is 2.40 bits per heavy atom. The number of carboxylic acids is 1. The molecule has 1 N–H and O–H groups in total. The van der Waals surface area contributed by atoms with Gasteiger partial charge in [-0.05, 0) is 42.2 Å². The molecule has 0 aliphatic rings. The van der Waals surface area contributed by atoms with Crippen molar-refractivity contribution in [3.8, 4) is 5.75 Å². The van der Waals surface area contributed by atoms with Gasteiger partial charge in [0.15, 0.2) is 5.82 Å². The number of benzene rings is 1. The lowest BCUT2D eigenvalue weighted by Crippen LogP contribution is -2.44. The Bertz CT molecular complexity index is 492. The average molecular weight is 298 g/mol. The van der Waals surface area contributed by atoms with Crippen molar-refractivity contribution in [2.45, 2.75) is 51.7 Å². The maximum atomic E-state index is 14.0. The number of aliphatic carboxylic acids is 1. The normalized spacial score (nSPS) is 12.3. The van der Waals surface area contributed by atoms with E-state index in [1.165, 1.54) is 6.07 Å². The van der Waals surface area contributed by atoms with Crippen LogP contribution in [0.2, 0.25) is 18.1 Å². The zero-order valence-corrected chi connectivity index (χ0v) is 13.8. The summed E-state index contributed by atoms with van der Waals surface area (Å²) < 4.78 is 20.0. The van der Waals surface area contributed by atoms with Gasteiger partial charge in [-0.2, -0.15) is 0 Å². The molecule has 3 nitrogen and oxygen atoms in total. The second kappa shape index (κ2) is 5.95. The third-order valence-corrected chi connectivity index (χ3v) is 8.14. The monoisotopic (exact) mass is 298 g/mol. The van der Waals surface area contributed by atoms with Crippen LogP contribution in [0.4, 0.5) is 4.39 Å². The van der Waals surface area contributed by atoms with Gasteiger partial charge in [0.25, 0.3) is 8.32 Å². The summed E-state index contributed by atoms with van der Waals surface area (Å²) in [5, 5.41) is 8.63. The van der Waals surface area contributed by atoms with Gasteiger partial charge in [-0.15, -0.1) is 0 Å². The Hall–Kier alpha value is -1.36. The molecule has 0 bridgehead atoms. The molecule has 0 unspecified atom stereocenters. The van der Waals surface area contributed by atoms with Gasteiger partial charge in [0.2, 0.25) is 0 Å². The number of carboxylic acid groups (broad SMARTS) is 1. The molecule has 0 spiro atoms. The zero-order valence-electron chi connectivity index (χ0n) is 12.8. The van der Waals surface area contributed by atoms with Crippen molar-refractivity contribution in [3.63, 3.8) is 0 Å². The van der Waals surface area contributed by atoms with Crippen LogP contribution in [0.5, 0.6) is 5.75 Å². The van der Waals surface area contributed by atoms with Crippen LogP contribution in [0, 0.1) is 5.82 Å². The highest BCUT2D eigenvalue weighted by Gasteiger charge is 2.39. The molecule has 1 aromatic rings. The predicted octanol–water partition coefficient (Wildman–Crippen LogP) is 4.23. The first-order valence-electron chi connectivity index (χ1n) is 6.72. The highest BCUT2D eigenvalue weighted by atomic mass is 28.4. The van der Waals surface area contributed by atoms with Crippen LogP contribution in [0.1, 0.15) is 32.8 Å². The molecule has 0 amide bonds. The van der Waals surface area contributed by atoms with Crippen molar-refractivity contribution in [2.24, 2.45) is 0 Å². The number of hydrogen-bond acceptors (Lipinski definition) is 2. The average Bonchev–Trinajstić information content (AvgIpc) is 2.28. The predicted molar refractivity (Wildman–Crippen MR) is 80.2 cm³/mol. The van der Waals surface area contributed by atoms with Crippen LogP contribution in [0.3, 0.4) is 0 Å². The summed E-state index contributed by atoms with van der Waals surface area (Å²) in [6.07, 6.45) is 0.328. The summed E-state index contributed by atoms with van der Waals surface area (Å²) in [4.78, 5) is 10.5. The van der Waals surface area contributed by atoms with Crippen LogP contribution in [-0.2, 0) is 11.2 Å². The van der Waals surface area contributed by atoms with Gasteiger partial charge in [0, 0.05) is 6.42 Å². The van der Waals surface area contributed by atoms with Crippen LogP contribution in [-0.4, -0.2) is 19.4 Å². The van der Waals surface area contributed by atoms with E-state index < -0.39 is 20.1 Å².